The van der Waals surface area contributed by atoms with E-state index in [0.29, 0.717) is 0 Å². The Morgan fingerprint density at radius 2 is 0.750 bits per heavy atom. The molecule has 0 radical (unpaired) electrons. The van der Waals surface area contributed by atoms with Gasteiger partial charge in [0.15, 0.2) is 0 Å². The van der Waals surface area contributed by atoms with Gasteiger partial charge in [-0.05, 0) is 104 Å². The molecular formula is C49H31N3. The average molecular weight is 662 g/mol. The predicted molar refractivity (Wildman–Crippen MR) is 217 cm³/mol. The Hall–Kier alpha value is -6.97. The smallest absolute Gasteiger partial charge is 0.0702 e. The number of pyridine rings is 3. The lowest BCUT2D eigenvalue weighted by Crippen LogP contribution is -1.90. The van der Waals surface area contributed by atoms with Crippen LogP contribution in [0.3, 0.4) is 0 Å². The molecule has 7 aromatic carbocycles. The van der Waals surface area contributed by atoms with Gasteiger partial charge in [0.05, 0.1) is 16.7 Å². The molecule has 10 rings (SSSR count). The second-order valence-electron chi connectivity index (χ2n) is 13.3. The fourth-order valence-electron chi connectivity index (χ4n) is 7.43. The summed E-state index contributed by atoms with van der Waals surface area (Å²) in [6.07, 6.45) is 5.92. The van der Waals surface area contributed by atoms with Gasteiger partial charge in [0.25, 0.3) is 0 Å². The minimum Gasteiger partial charge on any atom is -0.256 e. The number of rotatable bonds is 5. The molecule has 0 atom stereocenters. The summed E-state index contributed by atoms with van der Waals surface area (Å²) >= 11 is 0. The van der Waals surface area contributed by atoms with Crippen molar-refractivity contribution in [3.05, 3.63) is 188 Å². The molecule has 242 valence electrons. The van der Waals surface area contributed by atoms with Crippen molar-refractivity contribution in [3.63, 3.8) is 0 Å². The topological polar surface area (TPSA) is 38.7 Å². The molecular weight excluding hydrogens is 631 g/mol. The summed E-state index contributed by atoms with van der Waals surface area (Å²) in [5, 5.41) is 7.30. The van der Waals surface area contributed by atoms with Gasteiger partial charge in [-0.25, -0.2) is 0 Å². The van der Waals surface area contributed by atoms with E-state index in [2.05, 4.69) is 146 Å². The maximum Gasteiger partial charge on any atom is 0.0702 e. The van der Waals surface area contributed by atoms with Crippen LogP contribution in [0.2, 0.25) is 0 Å². The van der Waals surface area contributed by atoms with Gasteiger partial charge in [0.2, 0.25) is 0 Å². The predicted octanol–water partition coefficient (Wildman–Crippen LogP) is 12.8. The first-order valence-corrected chi connectivity index (χ1v) is 17.6. The van der Waals surface area contributed by atoms with Gasteiger partial charge in [-0.15, -0.1) is 0 Å². The minimum atomic E-state index is 0.938. The van der Waals surface area contributed by atoms with Crippen molar-refractivity contribution in [1.82, 2.24) is 15.0 Å². The van der Waals surface area contributed by atoms with Crippen LogP contribution in [0.4, 0.5) is 0 Å². The maximum atomic E-state index is 4.98. The Kier molecular flexibility index (Phi) is 7.14. The van der Waals surface area contributed by atoms with Crippen LogP contribution in [0.15, 0.2) is 188 Å². The first-order valence-electron chi connectivity index (χ1n) is 17.6. The molecule has 0 N–H and O–H groups in total. The van der Waals surface area contributed by atoms with E-state index in [1.807, 2.05) is 42.9 Å². The third-order valence-corrected chi connectivity index (χ3v) is 10.1. The molecule has 0 amide bonds. The summed E-state index contributed by atoms with van der Waals surface area (Å²) in [5.41, 5.74) is 12.9. The van der Waals surface area contributed by atoms with Gasteiger partial charge in [0, 0.05) is 51.6 Å². The van der Waals surface area contributed by atoms with Crippen molar-refractivity contribution < 1.29 is 0 Å². The van der Waals surface area contributed by atoms with Crippen LogP contribution in [0, 0.1) is 0 Å². The number of fused-ring (bicyclic) bond motifs is 5. The molecule has 0 aliphatic heterocycles. The number of hydrogen-bond acceptors (Lipinski definition) is 3. The normalized spacial score (nSPS) is 11.5. The van der Waals surface area contributed by atoms with Crippen molar-refractivity contribution in [2.45, 2.75) is 0 Å². The van der Waals surface area contributed by atoms with Crippen LogP contribution >= 0.6 is 0 Å². The first kappa shape index (κ1) is 29.9. The van der Waals surface area contributed by atoms with E-state index >= 15 is 0 Å². The van der Waals surface area contributed by atoms with Crippen molar-refractivity contribution in [2.75, 3.05) is 0 Å². The SMILES string of the molecule is c1ccc2ncc(-c3cc(-c4ccc(-c5ccc(-c6cc7ccccc7c7ccccc67)cc5)nc4)cc(-c4cnc5ccccc5c4)c3)cc2c1. The zero-order valence-electron chi connectivity index (χ0n) is 28.2. The van der Waals surface area contributed by atoms with Gasteiger partial charge in [-0.3, -0.25) is 15.0 Å². The highest BCUT2D eigenvalue weighted by molar-refractivity contribution is 6.13. The highest BCUT2D eigenvalue weighted by Crippen LogP contribution is 2.37. The van der Waals surface area contributed by atoms with Gasteiger partial charge in [-0.1, -0.05) is 115 Å². The highest BCUT2D eigenvalue weighted by atomic mass is 14.7. The summed E-state index contributed by atoms with van der Waals surface area (Å²) in [6.45, 7) is 0. The van der Waals surface area contributed by atoms with E-state index in [9.17, 15) is 0 Å². The summed E-state index contributed by atoms with van der Waals surface area (Å²) in [4.78, 5) is 14.5. The lowest BCUT2D eigenvalue weighted by Gasteiger charge is -2.13. The molecule has 0 fully saturated rings. The third kappa shape index (κ3) is 5.37. The molecule has 0 unspecified atom stereocenters. The van der Waals surface area contributed by atoms with Crippen molar-refractivity contribution in [3.8, 4) is 55.8 Å². The van der Waals surface area contributed by atoms with Crippen molar-refractivity contribution in [2.24, 2.45) is 0 Å². The molecule has 0 spiro atoms. The standard InChI is InChI=1S/C49H31N3/c1-4-12-43-34(9-1)28-46(45-14-6-5-13-44(43)45)32-17-19-33(20-18-32)49-22-21-37(29-50-49)38-25-39(41-23-35-10-2-7-15-47(35)51-30-41)27-40(26-38)42-24-36-11-3-8-16-48(36)52-31-42/h1-31H. The van der Waals surface area contributed by atoms with Gasteiger partial charge in [-0.2, -0.15) is 0 Å². The number of benzene rings is 7. The van der Waals surface area contributed by atoms with E-state index in [1.54, 1.807) is 0 Å². The lowest BCUT2D eigenvalue weighted by atomic mass is 9.92. The first-order chi connectivity index (χ1) is 25.7. The summed E-state index contributed by atoms with van der Waals surface area (Å²) in [5.74, 6) is 0. The monoisotopic (exact) mass is 661 g/mol. The van der Waals surface area contributed by atoms with Crippen molar-refractivity contribution >= 4 is 43.4 Å². The molecule has 0 aliphatic carbocycles. The van der Waals surface area contributed by atoms with Crippen LogP contribution in [-0.4, -0.2) is 15.0 Å². The molecule has 0 bridgehead atoms. The van der Waals surface area contributed by atoms with Crippen LogP contribution in [-0.2, 0) is 0 Å². The molecule has 10 aromatic rings. The average Bonchev–Trinajstić information content (AvgIpc) is 3.23. The van der Waals surface area contributed by atoms with Gasteiger partial charge in [0.1, 0.15) is 0 Å². The number of hydrogen-bond donors (Lipinski definition) is 0. The van der Waals surface area contributed by atoms with Gasteiger partial charge < -0.3 is 0 Å². The zero-order valence-corrected chi connectivity index (χ0v) is 28.2. The maximum absolute atomic E-state index is 4.98. The van der Waals surface area contributed by atoms with Crippen LogP contribution < -0.4 is 0 Å². The van der Waals surface area contributed by atoms with Crippen LogP contribution in [0.1, 0.15) is 0 Å². The van der Waals surface area contributed by atoms with Gasteiger partial charge >= 0.3 is 0 Å². The summed E-state index contributed by atoms with van der Waals surface area (Å²) < 4.78 is 0. The largest absolute Gasteiger partial charge is 0.256 e. The summed E-state index contributed by atoms with van der Waals surface area (Å²) in [6, 6.07) is 60.4. The second kappa shape index (κ2) is 12.4. The van der Waals surface area contributed by atoms with Crippen LogP contribution in [0.25, 0.3) is 99.1 Å². The molecule has 3 nitrogen and oxygen atoms in total. The Labute approximate surface area is 301 Å². The Morgan fingerprint density at radius 1 is 0.269 bits per heavy atom. The molecule has 3 heterocycles. The zero-order chi connectivity index (χ0) is 34.4. The number of para-hydroxylation sites is 2. The quantitative estimate of drug-likeness (QED) is 0.172. The number of nitrogens with zero attached hydrogens (tertiary/aromatic N) is 3. The molecule has 0 saturated heterocycles. The van der Waals surface area contributed by atoms with Crippen molar-refractivity contribution in [1.29, 1.82) is 0 Å². The highest BCUT2D eigenvalue weighted by Gasteiger charge is 2.12. The Balaban J connectivity index is 1.02. The molecule has 3 heteroatoms. The fourth-order valence-corrected chi connectivity index (χ4v) is 7.43. The molecule has 52 heavy (non-hydrogen) atoms. The number of aromatic nitrogens is 3. The lowest BCUT2D eigenvalue weighted by molar-refractivity contribution is 1.32. The Bertz CT molecular complexity index is 2850. The van der Waals surface area contributed by atoms with E-state index < -0.39 is 0 Å². The molecule has 0 saturated carbocycles. The minimum absolute atomic E-state index is 0.938. The molecule has 0 aliphatic rings. The second-order valence-corrected chi connectivity index (χ2v) is 13.3. The van der Waals surface area contributed by atoms with E-state index in [1.165, 1.54) is 32.7 Å². The fraction of sp³-hybridized carbons (Fsp3) is 0. The van der Waals surface area contributed by atoms with E-state index in [0.717, 1.165) is 66.4 Å². The van der Waals surface area contributed by atoms with E-state index in [4.69, 9.17) is 15.0 Å². The Morgan fingerprint density at radius 3 is 1.37 bits per heavy atom. The van der Waals surface area contributed by atoms with E-state index in [-0.39, 0.29) is 0 Å². The summed E-state index contributed by atoms with van der Waals surface area (Å²) in [7, 11) is 0. The van der Waals surface area contributed by atoms with Crippen LogP contribution in [0.5, 0.6) is 0 Å². The molecule has 3 aromatic heterocycles. The third-order valence-electron chi connectivity index (χ3n) is 10.1.